The summed E-state index contributed by atoms with van der Waals surface area (Å²) in [5.41, 5.74) is 9.93. The molecule has 4 aliphatic rings. The zero-order valence-electron chi connectivity index (χ0n) is 20.3. The highest BCUT2D eigenvalue weighted by molar-refractivity contribution is 6.24. The summed E-state index contributed by atoms with van der Waals surface area (Å²) in [4.78, 5) is 42.8. The molecule has 2 unspecified atom stereocenters. The van der Waals surface area contributed by atoms with Crippen LogP contribution in [0.2, 0.25) is 0 Å². The Balaban J connectivity index is 1.71. The lowest BCUT2D eigenvalue weighted by molar-refractivity contribution is -0.145. The number of allylic oxidation sites excluding steroid dienone is 1. The summed E-state index contributed by atoms with van der Waals surface area (Å²) in [6, 6.07) is 0.232. The number of Topliss-reactive ketones (excluding diaryl/α,β-unsaturated/α-hetero) is 2. The number of hydrogen-bond acceptors (Lipinski definition) is 10. The lowest BCUT2D eigenvalue weighted by Crippen LogP contribution is -2.63. The Kier molecular flexibility index (Phi) is 5.26. The van der Waals surface area contributed by atoms with Crippen LogP contribution >= 0.6 is 0 Å². The van der Waals surface area contributed by atoms with Crippen LogP contribution in [0.4, 0.5) is 5.69 Å². The van der Waals surface area contributed by atoms with Gasteiger partial charge in [-0.2, -0.15) is 0 Å². The van der Waals surface area contributed by atoms with E-state index in [9.17, 15) is 34.8 Å². The number of anilines is 1. The van der Waals surface area contributed by atoms with Gasteiger partial charge in [0.2, 0.25) is 5.78 Å². The maximum Gasteiger partial charge on any atom is 0.255 e. The predicted molar refractivity (Wildman–Crippen MR) is 128 cm³/mol. The number of aliphatic hydroxyl groups excluding tert-OH is 2. The first-order chi connectivity index (χ1) is 16.8. The number of fused-ring (bicyclic) bond motifs is 5. The molecule has 5 atom stereocenters. The third-order valence-corrected chi connectivity index (χ3v) is 8.36. The van der Waals surface area contributed by atoms with Crippen molar-refractivity contribution in [3.63, 3.8) is 0 Å². The first-order valence-corrected chi connectivity index (χ1v) is 11.8. The molecule has 0 fully saturated rings. The zero-order chi connectivity index (χ0) is 26.4. The molecule has 0 aromatic heterocycles. The molecule has 0 saturated carbocycles. The minimum absolute atomic E-state index is 0.0147. The van der Waals surface area contributed by atoms with E-state index in [0.29, 0.717) is 5.56 Å². The molecule has 0 spiro atoms. The van der Waals surface area contributed by atoms with Crippen molar-refractivity contribution in [1.82, 2.24) is 4.90 Å². The smallest absolute Gasteiger partial charge is 0.255 e. The normalized spacial score (nSPS) is 31.8. The second-order valence-corrected chi connectivity index (χ2v) is 10.5. The number of benzene rings is 1. The highest BCUT2D eigenvalue weighted by Gasteiger charge is 2.62. The number of phenols is 1. The van der Waals surface area contributed by atoms with Crippen LogP contribution in [-0.4, -0.2) is 82.1 Å². The van der Waals surface area contributed by atoms with Gasteiger partial charge in [-0.1, -0.05) is 0 Å². The van der Waals surface area contributed by atoms with Crippen LogP contribution in [-0.2, 0) is 16.0 Å². The van der Waals surface area contributed by atoms with E-state index >= 15 is 0 Å². The Morgan fingerprint density at radius 1 is 1.22 bits per heavy atom. The number of carbonyl (C=O) groups excluding carboxylic acids is 3. The molecular formula is C25H30N4O7. The number of aliphatic hydroxyl groups is 3. The van der Waals surface area contributed by atoms with Crippen molar-refractivity contribution in [1.29, 1.82) is 0 Å². The third kappa shape index (κ3) is 2.93. The van der Waals surface area contributed by atoms with Gasteiger partial charge in [0, 0.05) is 36.8 Å². The number of carbonyl (C=O) groups is 3. The van der Waals surface area contributed by atoms with Gasteiger partial charge in [-0.15, -0.1) is 0 Å². The molecule has 11 heteroatoms. The maximum absolute atomic E-state index is 13.8. The molecule has 1 aliphatic heterocycles. The second-order valence-electron chi connectivity index (χ2n) is 10.5. The third-order valence-electron chi connectivity index (χ3n) is 8.36. The molecule has 8 N–H and O–H groups in total. The first-order valence-electron chi connectivity index (χ1n) is 11.8. The fourth-order valence-corrected chi connectivity index (χ4v) is 6.62. The van der Waals surface area contributed by atoms with Gasteiger partial charge in [0.25, 0.3) is 5.91 Å². The summed E-state index contributed by atoms with van der Waals surface area (Å²) in [6.45, 7) is 0.732. The van der Waals surface area contributed by atoms with E-state index < -0.39 is 58.0 Å². The van der Waals surface area contributed by atoms with Gasteiger partial charge in [-0.3, -0.25) is 14.4 Å². The Labute approximate surface area is 207 Å². The molecule has 1 aromatic rings. The topological polar surface area (TPSA) is 191 Å². The van der Waals surface area contributed by atoms with E-state index in [-0.39, 0.29) is 35.8 Å². The molecule has 36 heavy (non-hydrogen) atoms. The Bertz CT molecular complexity index is 1300. The molecule has 192 valence electrons. The van der Waals surface area contributed by atoms with Crippen LogP contribution in [0.1, 0.15) is 40.4 Å². The van der Waals surface area contributed by atoms with Crippen LogP contribution in [0, 0.1) is 11.8 Å². The average Bonchev–Trinajstić information content (AvgIpc) is 2.79. The number of primary amides is 1. The zero-order valence-corrected chi connectivity index (χ0v) is 20.3. The van der Waals surface area contributed by atoms with Crippen molar-refractivity contribution in [2.75, 3.05) is 32.6 Å². The summed E-state index contributed by atoms with van der Waals surface area (Å²) >= 11 is 0. The highest BCUT2D eigenvalue weighted by Crippen LogP contribution is 2.53. The maximum atomic E-state index is 13.8. The number of ketones is 2. The highest BCUT2D eigenvalue weighted by atomic mass is 16.3. The molecule has 1 aromatic carbocycles. The van der Waals surface area contributed by atoms with Gasteiger partial charge in [0.15, 0.2) is 11.4 Å². The number of nitrogens with two attached hydrogens (primary N) is 2. The standard InChI is InChI=1S/C25H30N4O7/c1-28(2)13-4-5-29(3)19-10(13)8-14(30)16-11(19)6-9-7-12-18(26)21(32)17(24(27)35)23(34)25(12,36)22(33)15(9)20(16)31/h8-9,12-13,18,30,32-33,36H,4-7,26H2,1-3H3,(H2,27,35)/t9?,12-,13?,18-,25-/m0/s1. The van der Waals surface area contributed by atoms with Gasteiger partial charge in [-0.25, -0.2) is 0 Å². The predicted octanol–water partition coefficient (Wildman–Crippen LogP) is -0.0397. The van der Waals surface area contributed by atoms with Crippen LogP contribution < -0.4 is 16.4 Å². The number of rotatable bonds is 2. The SMILES string of the molecule is CN1CCC(N(C)C)c2cc(O)c3c(c21)CC1C[C@H]2[C@H](N)C(O)=C(C(N)=O)C(=O)[C@@]2(O)C(O)=C1C3=O. The lowest BCUT2D eigenvalue weighted by Gasteiger charge is -2.48. The molecule has 3 aliphatic carbocycles. The van der Waals surface area contributed by atoms with Gasteiger partial charge >= 0.3 is 0 Å². The van der Waals surface area contributed by atoms with Gasteiger partial charge in [-0.05, 0) is 56.5 Å². The van der Waals surface area contributed by atoms with Crippen molar-refractivity contribution in [2.45, 2.75) is 36.9 Å². The Morgan fingerprint density at radius 3 is 2.50 bits per heavy atom. The van der Waals surface area contributed by atoms with E-state index in [1.165, 1.54) is 0 Å². The molecule has 1 heterocycles. The fraction of sp³-hybridized carbons (Fsp3) is 0.480. The van der Waals surface area contributed by atoms with Crippen molar-refractivity contribution in [3.05, 3.63) is 45.4 Å². The molecular weight excluding hydrogens is 468 g/mol. The van der Waals surface area contributed by atoms with Crippen LogP contribution in [0.3, 0.4) is 0 Å². The summed E-state index contributed by atoms with van der Waals surface area (Å²) in [5, 5.41) is 44.0. The molecule has 0 radical (unpaired) electrons. The minimum atomic E-state index is -2.70. The van der Waals surface area contributed by atoms with E-state index in [1.54, 1.807) is 6.07 Å². The van der Waals surface area contributed by atoms with E-state index in [2.05, 4.69) is 4.90 Å². The number of phenolic OH excluding ortho intramolecular Hbond substituents is 1. The quantitative estimate of drug-likeness (QED) is 0.302. The monoisotopic (exact) mass is 498 g/mol. The summed E-state index contributed by atoms with van der Waals surface area (Å²) in [5.74, 6) is -7.05. The van der Waals surface area contributed by atoms with E-state index in [4.69, 9.17) is 11.5 Å². The van der Waals surface area contributed by atoms with Crippen molar-refractivity contribution in [3.8, 4) is 5.75 Å². The molecule has 1 amide bonds. The fourth-order valence-electron chi connectivity index (χ4n) is 6.62. The summed E-state index contributed by atoms with van der Waals surface area (Å²) in [6.07, 6.45) is 1.05. The second kappa shape index (κ2) is 7.79. The van der Waals surface area contributed by atoms with Crippen molar-refractivity contribution >= 4 is 23.2 Å². The van der Waals surface area contributed by atoms with E-state index in [0.717, 1.165) is 24.2 Å². The average molecular weight is 499 g/mol. The summed E-state index contributed by atoms with van der Waals surface area (Å²) in [7, 11) is 5.81. The van der Waals surface area contributed by atoms with Crippen molar-refractivity contribution < 1.29 is 34.8 Å². The number of nitrogens with zero attached hydrogens (tertiary/aromatic N) is 2. The summed E-state index contributed by atoms with van der Waals surface area (Å²) < 4.78 is 0. The van der Waals surface area contributed by atoms with Crippen LogP contribution in [0.25, 0.3) is 0 Å². The van der Waals surface area contributed by atoms with E-state index in [1.807, 2.05) is 26.0 Å². The van der Waals surface area contributed by atoms with Crippen LogP contribution in [0.15, 0.2) is 28.7 Å². The van der Waals surface area contributed by atoms with Gasteiger partial charge in [0.1, 0.15) is 22.8 Å². The lowest BCUT2D eigenvalue weighted by atomic mass is 9.58. The molecule has 0 saturated heterocycles. The minimum Gasteiger partial charge on any atom is -0.510 e. The van der Waals surface area contributed by atoms with Gasteiger partial charge in [0.05, 0.1) is 11.6 Å². The van der Waals surface area contributed by atoms with Crippen LogP contribution in [0.5, 0.6) is 5.75 Å². The Hall–Kier alpha value is -3.41. The van der Waals surface area contributed by atoms with Gasteiger partial charge < -0.3 is 41.7 Å². The molecule has 11 nitrogen and oxygen atoms in total. The van der Waals surface area contributed by atoms with Crippen molar-refractivity contribution in [2.24, 2.45) is 23.3 Å². The number of hydrogen-bond donors (Lipinski definition) is 6. The molecule has 0 bridgehead atoms. The largest absolute Gasteiger partial charge is 0.510 e. The number of amides is 1. The first kappa shape index (κ1) is 24.3. The Morgan fingerprint density at radius 2 is 1.89 bits per heavy atom. The number of aromatic hydroxyl groups is 1. The molecule has 5 rings (SSSR count).